The maximum absolute atomic E-state index is 11.3. The predicted molar refractivity (Wildman–Crippen MR) is 51.6 cm³/mol. The molecule has 4 nitrogen and oxygen atoms in total. The van der Waals surface area contributed by atoms with Crippen molar-refractivity contribution in [1.29, 1.82) is 0 Å². The summed E-state index contributed by atoms with van der Waals surface area (Å²) in [7, 11) is -3.37. The fraction of sp³-hybridized carbons (Fsp3) is 0.500. The van der Waals surface area contributed by atoms with Gasteiger partial charge in [0.15, 0.2) is 5.03 Å². The van der Waals surface area contributed by atoms with Crippen LogP contribution < -0.4 is 5.73 Å². The van der Waals surface area contributed by atoms with Crippen molar-refractivity contribution in [2.24, 2.45) is 10.7 Å². The molecule has 2 N–H and O–H groups in total. The Morgan fingerprint density at radius 2 is 2.33 bits per heavy atom. The zero-order chi connectivity index (χ0) is 9.19. The molecule has 0 aromatic rings. The smallest absolute Gasteiger partial charge is 0.236 e. The first-order valence-corrected chi connectivity index (χ1v) is 6.08. The second kappa shape index (κ2) is 3.49. The summed E-state index contributed by atoms with van der Waals surface area (Å²) in [4.78, 5) is 3.73. The van der Waals surface area contributed by atoms with Gasteiger partial charge in [-0.15, -0.1) is 0 Å². The van der Waals surface area contributed by atoms with Gasteiger partial charge in [0.1, 0.15) is 5.04 Å². The number of hydrogen-bond donors (Lipinski definition) is 1. The maximum atomic E-state index is 11.3. The molecule has 0 bridgehead atoms. The van der Waals surface area contributed by atoms with Gasteiger partial charge in [-0.25, -0.2) is 13.4 Å². The molecule has 1 aliphatic rings. The second-order valence-electron chi connectivity index (χ2n) is 2.19. The van der Waals surface area contributed by atoms with Crippen LogP contribution in [0.2, 0.25) is 0 Å². The summed E-state index contributed by atoms with van der Waals surface area (Å²) < 4.78 is 22.5. The van der Waals surface area contributed by atoms with Crippen molar-refractivity contribution in [2.45, 2.75) is 6.92 Å². The molecule has 68 valence electrons. The molecule has 1 heterocycles. The normalized spacial score (nSPS) is 20.4. The molecule has 6 heteroatoms. The lowest BCUT2D eigenvalue weighted by atomic mass is 10.8. The lowest BCUT2D eigenvalue weighted by molar-refractivity contribution is 0.612. The summed E-state index contributed by atoms with van der Waals surface area (Å²) in [6.07, 6.45) is 1.20. The Morgan fingerprint density at radius 1 is 1.67 bits per heavy atom. The summed E-state index contributed by atoms with van der Waals surface area (Å²) in [5.41, 5.74) is 5.22. The molecule has 0 aliphatic carbocycles. The van der Waals surface area contributed by atoms with Crippen molar-refractivity contribution in [2.75, 3.05) is 11.5 Å². The summed E-state index contributed by atoms with van der Waals surface area (Å²) in [6, 6.07) is 0. The van der Waals surface area contributed by atoms with Gasteiger partial charge in [-0.2, -0.15) is 11.8 Å². The number of aliphatic imine (C=N–C) groups is 1. The first kappa shape index (κ1) is 9.60. The van der Waals surface area contributed by atoms with Gasteiger partial charge < -0.3 is 5.73 Å². The summed E-state index contributed by atoms with van der Waals surface area (Å²) in [5, 5.41) is 0.0288. The number of nitrogens with zero attached hydrogens (tertiary/aromatic N) is 1. The molecule has 0 atom stereocenters. The first-order valence-electron chi connectivity index (χ1n) is 3.44. The average Bonchev–Trinajstić information content (AvgIpc) is 2.25. The van der Waals surface area contributed by atoms with Crippen LogP contribution in [0.1, 0.15) is 6.92 Å². The van der Waals surface area contributed by atoms with E-state index in [1.54, 1.807) is 0 Å². The van der Waals surface area contributed by atoms with Gasteiger partial charge in [0.2, 0.25) is 9.84 Å². The van der Waals surface area contributed by atoms with E-state index in [0.29, 0.717) is 5.75 Å². The summed E-state index contributed by atoms with van der Waals surface area (Å²) >= 11 is 1.51. The molecule has 0 saturated carbocycles. The lowest BCUT2D eigenvalue weighted by Crippen LogP contribution is -2.19. The van der Waals surface area contributed by atoms with Crippen LogP contribution in [0, 0.1) is 0 Å². The van der Waals surface area contributed by atoms with Crippen molar-refractivity contribution in [3.05, 3.63) is 11.2 Å². The molecule has 1 rings (SSSR count). The molecule has 0 saturated heterocycles. The maximum Gasteiger partial charge on any atom is 0.236 e. The number of rotatable bonds is 3. The molecule has 0 spiro atoms. The molecule has 0 aromatic heterocycles. The molecule has 1 aliphatic heterocycles. The highest BCUT2D eigenvalue weighted by molar-refractivity contribution is 8.12. The molecule has 0 amide bonds. The fourth-order valence-electron chi connectivity index (χ4n) is 0.715. The minimum absolute atomic E-state index is 0.144. The van der Waals surface area contributed by atoms with Gasteiger partial charge >= 0.3 is 0 Å². The van der Waals surface area contributed by atoms with Crippen LogP contribution in [0.5, 0.6) is 0 Å². The molecule has 0 unspecified atom stereocenters. The summed E-state index contributed by atoms with van der Waals surface area (Å²) in [5.74, 6) is 1.28. The van der Waals surface area contributed by atoms with Crippen LogP contribution in [-0.4, -0.2) is 25.0 Å². The quantitative estimate of drug-likeness (QED) is 0.722. The lowest BCUT2D eigenvalue weighted by Gasteiger charge is -1.99. The largest absolute Gasteiger partial charge is 0.388 e. The molecular formula is C6H10N2O2S2. The van der Waals surface area contributed by atoms with E-state index < -0.39 is 9.84 Å². The molecule has 0 radical (unpaired) electrons. The van der Waals surface area contributed by atoms with E-state index in [1.165, 1.54) is 18.0 Å². The Bertz CT molecular complexity index is 329. The second-order valence-corrected chi connectivity index (χ2v) is 5.42. The van der Waals surface area contributed by atoms with Gasteiger partial charge in [0.25, 0.3) is 0 Å². The van der Waals surface area contributed by atoms with E-state index in [-0.39, 0.29) is 10.1 Å². The Morgan fingerprint density at radius 3 is 2.75 bits per heavy atom. The van der Waals surface area contributed by atoms with Crippen molar-refractivity contribution in [3.8, 4) is 0 Å². The van der Waals surface area contributed by atoms with Gasteiger partial charge in [-0.1, -0.05) is 6.92 Å². The topological polar surface area (TPSA) is 72.5 Å². The van der Waals surface area contributed by atoms with Crippen molar-refractivity contribution >= 4 is 26.6 Å². The Kier molecular flexibility index (Phi) is 2.79. The van der Waals surface area contributed by atoms with Crippen molar-refractivity contribution in [3.63, 3.8) is 0 Å². The fourth-order valence-corrected chi connectivity index (χ4v) is 2.69. The minimum atomic E-state index is -3.37. The minimum Gasteiger partial charge on any atom is -0.388 e. The molecule has 0 aromatic carbocycles. The van der Waals surface area contributed by atoms with E-state index in [0.717, 1.165) is 5.75 Å². The number of nitrogens with two attached hydrogens (primary N) is 1. The zero-order valence-corrected chi connectivity index (χ0v) is 8.28. The van der Waals surface area contributed by atoms with Gasteiger partial charge in [0, 0.05) is 5.75 Å². The summed E-state index contributed by atoms with van der Waals surface area (Å²) in [6.45, 7) is 1.96. The Hall–Kier alpha value is -0.490. The van der Waals surface area contributed by atoms with Gasteiger partial charge in [-0.3, -0.25) is 0 Å². The third-order valence-electron chi connectivity index (χ3n) is 1.39. The van der Waals surface area contributed by atoms with Crippen LogP contribution >= 0.6 is 11.8 Å². The van der Waals surface area contributed by atoms with E-state index in [4.69, 9.17) is 5.73 Å². The SMILES string of the molecule is CCSCC1=NC=C(N)S1(=O)=O. The Balaban J connectivity index is 2.74. The van der Waals surface area contributed by atoms with Crippen LogP contribution in [0.3, 0.4) is 0 Å². The highest BCUT2D eigenvalue weighted by Crippen LogP contribution is 2.15. The first-order chi connectivity index (χ1) is 5.59. The average molecular weight is 206 g/mol. The molecule has 12 heavy (non-hydrogen) atoms. The Labute approximate surface area is 75.9 Å². The molecular weight excluding hydrogens is 196 g/mol. The third kappa shape index (κ3) is 1.64. The van der Waals surface area contributed by atoms with Gasteiger partial charge in [-0.05, 0) is 5.75 Å². The zero-order valence-electron chi connectivity index (χ0n) is 6.65. The van der Waals surface area contributed by atoms with E-state index in [2.05, 4.69) is 4.99 Å². The molecule has 0 fully saturated rings. The number of thioether (sulfide) groups is 1. The number of sulfone groups is 1. The van der Waals surface area contributed by atoms with Crippen LogP contribution in [0.25, 0.3) is 0 Å². The van der Waals surface area contributed by atoms with Crippen LogP contribution in [0.15, 0.2) is 16.2 Å². The van der Waals surface area contributed by atoms with Crippen molar-refractivity contribution < 1.29 is 8.42 Å². The van der Waals surface area contributed by atoms with Crippen LogP contribution in [-0.2, 0) is 9.84 Å². The van der Waals surface area contributed by atoms with E-state index >= 15 is 0 Å². The van der Waals surface area contributed by atoms with Gasteiger partial charge in [0.05, 0.1) is 6.20 Å². The third-order valence-corrected chi connectivity index (χ3v) is 4.05. The van der Waals surface area contributed by atoms with Crippen molar-refractivity contribution in [1.82, 2.24) is 0 Å². The standard InChI is InChI=1S/C6H10N2O2S2/c1-2-11-4-6-8-3-5(7)12(6,9)10/h3H,2,4,7H2,1H3. The van der Waals surface area contributed by atoms with E-state index in [9.17, 15) is 8.42 Å². The number of hydrogen-bond acceptors (Lipinski definition) is 5. The van der Waals surface area contributed by atoms with E-state index in [1.807, 2.05) is 6.92 Å². The highest BCUT2D eigenvalue weighted by Gasteiger charge is 2.26. The monoisotopic (exact) mass is 206 g/mol. The van der Waals surface area contributed by atoms with Crippen LogP contribution in [0.4, 0.5) is 0 Å². The highest BCUT2D eigenvalue weighted by atomic mass is 32.2. The predicted octanol–water partition coefficient (Wildman–Crippen LogP) is 0.324.